The summed E-state index contributed by atoms with van der Waals surface area (Å²) in [6, 6.07) is 17.3. The molecule has 6 nitrogen and oxygen atoms in total. The molecule has 8 heteroatoms. The summed E-state index contributed by atoms with van der Waals surface area (Å²) in [5.41, 5.74) is 2.54. The van der Waals surface area contributed by atoms with E-state index in [9.17, 15) is 14.9 Å². The molecule has 1 heterocycles. The molecule has 0 saturated carbocycles. The van der Waals surface area contributed by atoms with Gasteiger partial charge >= 0.3 is 0 Å². The Kier molecular flexibility index (Phi) is 5.00. The van der Waals surface area contributed by atoms with E-state index in [1.165, 1.54) is 23.5 Å². The highest BCUT2D eigenvalue weighted by Crippen LogP contribution is 2.36. The van der Waals surface area contributed by atoms with Crippen molar-refractivity contribution in [2.45, 2.75) is 6.92 Å². The molecule has 0 aliphatic carbocycles. The van der Waals surface area contributed by atoms with Gasteiger partial charge in [0.2, 0.25) is 0 Å². The van der Waals surface area contributed by atoms with E-state index in [-0.39, 0.29) is 11.3 Å². The number of fused-ring (bicyclic) bond motifs is 1. The van der Waals surface area contributed by atoms with Crippen molar-refractivity contribution in [1.82, 2.24) is 4.98 Å². The lowest BCUT2D eigenvalue weighted by molar-refractivity contribution is -0.385. The number of benzene rings is 3. The Hall–Kier alpha value is -3.29. The molecule has 1 amide bonds. The van der Waals surface area contributed by atoms with Crippen LogP contribution in [0.15, 0.2) is 60.7 Å². The topological polar surface area (TPSA) is 85.1 Å². The molecule has 0 unspecified atom stereocenters. The molecule has 0 bridgehead atoms. The van der Waals surface area contributed by atoms with Crippen molar-refractivity contribution < 1.29 is 9.72 Å². The van der Waals surface area contributed by atoms with Crippen LogP contribution in [-0.2, 0) is 0 Å². The highest BCUT2D eigenvalue weighted by molar-refractivity contribution is 7.21. The van der Waals surface area contributed by atoms with E-state index in [4.69, 9.17) is 11.6 Å². The minimum absolute atomic E-state index is 0.0971. The van der Waals surface area contributed by atoms with Gasteiger partial charge in [-0.05, 0) is 43.3 Å². The van der Waals surface area contributed by atoms with E-state index < -0.39 is 10.8 Å². The fourth-order valence-corrected chi connectivity index (χ4v) is 4.21. The Morgan fingerprint density at radius 1 is 1.14 bits per heavy atom. The number of nitrogens with one attached hydrogen (secondary N) is 1. The second-order valence-corrected chi connectivity index (χ2v) is 7.80. The lowest BCUT2D eigenvalue weighted by Gasteiger charge is -2.11. The highest BCUT2D eigenvalue weighted by Gasteiger charge is 2.20. The molecule has 1 aromatic heterocycles. The molecule has 0 atom stereocenters. The van der Waals surface area contributed by atoms with Crippen molar-refractivity contribution in [3.63, 3.8) is 0 Å². The first kappa shape index (κ1) is 19.0. The number of amides is 1. The zero-order valence-corrected chi connectivity index (χ0v) is 16.8. The van der Waals surface area contributed by atoms with E-state index >= 15 is 0 Å². The monoisotopic (exact) mass is 423 g/mol. The van der Waals surface area contributed by atoms with Gasteiger partial charge in [-0.15, -0.1) is 11.3 Å². The molecule has 0 spiro atoms. The highest BCUT2D eigenvalue weighted by atomic mass is 35.5. The number of thiazole rings is 1. The third-order valence-corrected chi connectivity index (χ3v) is 5.81. The van der Waals surface area contributed by atoms with Crippen LogP contribution in [0.5, 0.6) is 0 Å². The number of hydrogen-bond donors (Lipinski definition) is 1. The summed E-state index contributed by atoms with van der Waals surface area (Å²) in [7, 11) is 0. The predicted octanol–water partition coefficient (Wildman–Crippen LogP) is 6.09. The number of hydrogen-bond acceptors (Lipinski definition) is 5. The van der Waals surface area contributed by atoms with E-state index in [1.807, 2.05) is 24.3 Å². The van der Waals surface area contributed by atoms with Gasteiger partial charge < -0.3 is 5.32 Å². The van der Waals surface area contributed by atoms with Crippen LogP contribution in [0.1, 0.15) is 15.9 Å². The molecule has 144 valence electrons. The average molecular weight is 424 g/mol. The number of para-hydroxylation sites is 1. The van der Waals surface area contributed by atoms with Crippen LogP contribution in [0, 0.1) is 17.0 Å². The summed E-state index contributed by atoms with van der Waals surface area (Å²) in [6.07, 6.45) is 0. The summed E-state index contributed by atoms with van der Waals surface area (Å²) in [5.74, 6) is -0.434. The second-order valence-electron chi connectivity index (χ2n) is 6.34. The van der Waals surface area contributed by atoms with E-state index in [1.54, 1.807) is 31.2 Å². The van der Waals surface area contributed by atoms with Crippen LogP contribution in [-0.4, -0.2) is 15.8 Å². The number of rotatable bonds is 4. The summed E-state index contributed by atoms with van der Waals surface area (Å²) in [4.78, 5) is 28.2. The van der Waals surface area contributed by atoms with Gasteiger partial charge in [0, 0.05) is 27.8 Å². The fourth-order valence-electron chi connectivity index (χ4n) is 3.05. The number of carbonyl (C=O) groups excluding carboxylic acids is 1. The van der Waals surface area contributed by atoms with E-state index in [2.05, 4.69) is 10.3 Å². The number of carbonyl (C=O) groups is 1. The van der Waals surface area contributed by atoms with Crippen LogP contribution >= 0.6 is 22.9 Å². The third kappa shape index (κ3) is 3.70. The fraction of sp³-hybridized carbons (Fsp3) is 0.0476. The smallest absolute Gasteiger partial charge is 0.273 e. The molecule has 29 heavy (non-hydrogen) atoms. The number of aromatic nitrogens is 1. The van der Waals surface area contributed by atoms with Crippen LogP contribution < -0.4 is 5.32 Å². The molecular weight excluding hydrogens is 410 g/mol. The van der Waals surface area contributed by atoms with Gasteiger partial charge in [0.15, 0.2) is 0 Å². The Balaban J connectivity index is 1.74. The van der Waals surface area contributed by atoms with E-state index in [0.29, 0.717) is 21.8 Å². The molecule has 0 radical (unpaired) electrons. The van der Waals surface area contributed by atoms with Gasteiger partial charge in [-0.2, -0.15) is 0 Å². The maximum absolute atomic E-state index is 12.9. The van der Waals surface area contributed by atoms with Crippen molar-refractivity contribution in [2.24, 2.45) is 0 Å². The number of nitro benzene ring substituents is 1. The molecule has 0 fully saturated rings. The van der Waals surface area contributed by atoms with Gasteiger partial charge in [0.25, 0.3) is 11.6 Å². The average Bonchev–Trinajstić information content (AvgIpc) is 3.13. The number of nitro groups is 1. The summed E-state index contributed by atoms with van der Waals surface area (Å²) < 4.78 is 1.02. The maximum Gasteiger partial charge on any atom is 0.273 e. The van der Waals surface area contributed by atoms with Crippen LogP contribution in [0.4, 0.5) is 11.4 Å². The third-order valence-electron chi connectivity index (χ3n) is 4.50. The van der Waals surface area contributed by atoms with Gasteiger partial charge in [0.1, 0.15) is 5.01 Å². The minimum atomic E-state index is -0.499. The lowest BCUT2D eigenvalue weighted by atomic mass is 10.1. The van der Waals surface area contributed by atoms with Gasteiger partial charge in [-0.1, -0.05) is 29.8 Å². The molecule has 4 rings (SSSR count). The zero-order chi connectivity index (χ0) is 20.5. The summed E-state index contributed by atoms with van der Waals surface area (Å²) >= 11 is 7.68. The Morgan fingerprint density at radius 2 is 1.93 bits per heavy atom. The normalized spacial score (nSPS) is 10.8. The van der Waals surface area contributed by atoms with Gasteiger partial charge in [-0.3, -0.25) is 14.9 Å². The van der Waals surface area contributed by atoms with Crippen LogP contribution in [0.2, 0.25) is 5.02 Å². The summed E-state index contributed by atoms with van der Waals surface area (Å²) in [6.45, 7) is 1.56. The SMILES string of the molecule is Cc1c(C(=O)Nc2ccc(Cl)cc2-c2nc3ccccc3s2)cccc1[N+](=O)[O-]. The quantitative estimate of drug-likeness (QED) is 0.318. The van der Waals surface area contributed by atoms with Crippen LogP contribution in [0.3, 0.4) is 0 Å². The Bertz CT molecular complexity index is 1240. The summed E-state index contributed by atoms with van der Waals surface area (Å²) in [5, 5.41) is 15.3. The van der Waals surface area contributed by atoms with Crippen molar-refractivity contribution in [2.75, 3.05) is 5.32 Å². The first-order valence-corrected chi connectivity index (χ1v) is 9.84. The van der Waals surface area contributed by atoms with Crippen molar-refractivity contribution in [1.29, 1.82) is 0 Å². The molecule has 0 aliphatic heterocycles. The van der Waals surface area contributed by atoms with Gasteiger partial charge in [-0.25, -0.2) is 4.98 Å². The molecular formula is C21H14ClN3O3S. The maximum atomic E-state index is 12.9. The Labute approximate surface area is 174 Å². The standard InChI is InChI=1S/C21H14ClN3O3S/c1-12-14(5-4-7-18(12)25(27)28)20(26)23-16-10-9-13(22)11-15(16)21-24-17-6-2-3-8-19(17)29-21/h2-11H,1H3,(H,23,26). The largest absolute Gasteiger partial charge is 0.321 e. The molecule has 0 saturated heterocycles. The molecule has 3 aromatic carbocycles. The Morgan fingerprint density at radius 3 is 2.69 bits per heavy atom. The molecule has 4 aromatic rings. The number of anilines is 1. The van der Waals surface area contributed by atoms with Crippen molar-refractivity contribution in [3.05, 3.63) is 86.9 Å². The molecule has 1 N–H and O–H groups in total. The number of nitrogens with zero attached hydrogens (tertiary/aromatic N) is 2. The molecule has 0 aliphatic rings. The minimum Gasteiger partial charge on any atom is -0.321 e. The first-order valence-electron chi connectivity index (χ1n) is 8.65. The predicted molar refractivity (Wildman–Crippen MR) is 116 cm³/mol. The second kappa shape index (κ2) is 7.62. The number of halogens is 1. The zero-order valence-electron chi connectivity index (χ0n) is 15.2. The van der Waals surface area contributed by atoms with Crippen molar-refractivity contribution >= 4 is 50.4 Å². The van der Waals surface area contributed by atoms with Crippen LogP contribution in [0.25, 0.3) is 20.8 Å². The first-order chi connectivity index (χ1) is 13.9. The van der Waals surface area contributed by atoms with Gasteiger partial charge in [0.05, 0.1) is 20.8 Å². The van der Waals surface area contributed by atoms with E-state index in [0.717, 1.165) is 15.2 Å². The lowest BCUT2D eigenvalue weighted by Crippen LogP contribution is -2.14. The van der Waals surface area contributed by atoms with Crippen molar-refractivity contribution in [3.8, 4) is 10.6 Å².